The molecule has 4 heteroatoms. The summed E-state index contributed by atoms with van der Waals surface area (Å²) in [6, 6.07) is 16.6. The zero-order valence-corrected chi connectivity index (χ0v) is 12.4. The van der Waals surface area contributed by atoms with Crippen molar-refractivity contribution in [2.24, 2.45) is 0 Å². The number of fused-ring (bicyclic) bond motifs is 3. The van der Waals surface area contributed by atoms with Crippen molar-refractivity contribution in [3.63, 3.8) is 0 Å². The maximum absolute atomic E-state index is 6.06. The normalized spacial score (nSPS) is 15.3. The van der Waals surface area contributed by atoms with Gasteiger partial charge in [0, 0.05) is 24.7 Å². The third kappa shape index (κ3) is 2.43. The summed E-state index contributed by atoms with van der Waals surface area (Å²) >= 11 is 6.06. The van der Waals surface area contributed by atoms with Crippen LogP contribution in [0, 0.1) is 0 Å². The summed E-state index contributed by atoms with van der Waals surface area (Å²) in [5.41, 5.74) is 3.54. The zero-order valence-electron chi connectivity index (χ0n) is 11.7. The Labute approximate surface area is 128 Å². The van der Waals surface area contributed by atoms with Gasteiger partial charge in [-0.15, -0.1) is 0 Å². The third-order valence-electron chi connectivity index (χ3n) is 4.04. The predicted molar refractivity (Wildman–Crippen MR) is 85.3 cm³/mol. The van der Waals surface area contributed by atoms with Gasteiger partial charge in [-0.05, 0) is 23.8 Å². The first-order chi connectivity index (χ1) is 10.3. The quantitative estimate of drug-likeness (QED) is 0.719. The second-order valence-corrected chi connectivity index (χ2v) is 5.95. The van der Waals surface area contributed by atoms with Crippen molar-refractivity contribution in [1.82, 2.24) is 14.5 Å². The molecule has 0 unspecified atom stereocenters. The fourth-order valence-electron chi connectivity index (χ4n) is 3.02. The predicted octanol–water partition coefficient (Wildman–Crippen LogP) is 3.71. The summed E-state index contributed by atoms with van der Waals surface area (Å²) in [5.74, 6) is 1.13. The Morgan fingerprint density at radius 3 is 2.76 bits per heavy atom. The van der Waals surface area contributed by atoms with E-state index in [1.165, 1.54) is 11.1 Å². The van der Waals surface area contributed by atoms with Crippen LogP contribution in [0.25, 0.3) is 11.0 Å². The lowest BCUT2D eigenvalue weighted by atomic mass is 10.2. The Hall–Kier alpha value is -1.84. The molecule has 0 saturated heterocycles. The van der Waals surface area contributed by atoms with Crippen molar-refractivity contribution in [3.8, 4) is 0 Å². The minimum Gasteiger partial charge on any atom is -0.326 e. The molecule has 0 radical (unpaired) electrons. The fourth-order valence-corrected chi connectivity index (χ4v) is 3.19. The largest absolute Gasteiger partial charge is 0.326 e. The van der Waals surface area contributed by atoms with E-state index >= 15 is 0 Å². The van der Waals surface area contributed by atoms with Crippen LogP contribution in [0.4, 0.5) is 0 Å². The van der Waals surface area contributed by atoms with E-state index in [9.17, 15) is 0 Å². The SMILES string of the molecule is Clc1ccc2c(c1)nc1n2CCN(Cc2ccccc2)C1. The Morgan fingerprint density at radius 2 is 1.90 bits per heavy atom. The van der Waals surface area contributed by atoms with Crippen LogP contribution in [0.15, 0.2) is 48.5 Å². The average molecular weight is 298 g/mol. The molecule has 1 aliphatic rings. The second-order valence-electron chi connectivity index (χ2n) is 5.51. The minimum atomic E-state index is 0.749. The van der Waals surface area contributed by atoms with Gasteiger partial charge in [0.15, 0.2) is 0 Å². The Balaban J connectivity index is 1.61. The Kier molecular flexibility index (Phi) is 3.17. The first-order valence-corrected chi connectivity index (χ1v) is 7.58. The van der Waals surface area contributed by atoms with Gasteiger partial charge in [0.25, 0.3) is 0 Å². The van der Waals surface area contributed by atoms with Crippen LogP contribution in [-0.2, 0) is 19.6 Å². The minimum absolute atomic E-state index is 0.749. The van der Waals surface area contributed by atoms with Gasteiger partial charge in [-0.2, -0.15) is 0 Å². The van der Waals surface area contributed by atoms with Crippen molar-refractivity contribution >= 4 is 22.6 Å². The molecule has 0 spiro atoms. The molecule has 1 aliphatic heterocycles. The van der Waals surface area contributed by atoms with Crippen LogP contribution in [0.3, 0.4) is 0 Å². The number of aromatic nitrogens is 2. The molecule has 0 fully saturated rings. The Morgan fingerprint density at radius 1 is 1.05 bits per heavy atom. The zero-order chi connectivity index (χ0) is 14.2. The number of halogens is 1. The van der Waals surface area contributed by atoms with E-state index in [0.29, 0.717) is 0 Å². The molecule has 21 heavy (non-hydrogen) atoms. The van der Waals surface area contributed by atoms with Gasteiger partial charge >= 0.3 is 0 Å². The molecule has 2 heterocycles. The lowest BCUT2D eigenvalue weighted by Gasteiger charge is -2.27. The summed E-state index contributed by atoms with van der Waals surface area (Å²) in [7, 11) is 0. The molecule has 1 aromatic heterocycles. The highest BCUT2D eigenvalue weighted by Crippen LogP contribution is 2.24. The highest BCUT2D eigenvalue weighted by Gasteiger charge is 2.20. The summed E-state index contributed by atoms with van der Waals surface area (Å²) in [4.78, 5) is 7.19. The van der Waals surface area contributed by atoms with E-state index in [0.717, 1.165) is 42.5 Å². The van der Waals surface area contributed by atoms with Crippen molar-refractivity contribution in [2.45, 2.75) is 19.6 Å². The molecule has 0 amide bonds. The number of rotatable bonds is 2. The van der Waals surface area contributed by atoms with Gasteiger partial charge in [0.2, 0.25) is 0 Å². The van der Waals surface area contributed by atoms with Gasteiger partial charge in [0.1, 0.15) is 5.82 Å². The molecule has 2 aromatic carbocycles. The van der Waals surface area contributed by atoms with Crippen LogP contribution in [-0.4, -0.2) is 21.0 Å². The molecule has 4 rings (SSSR count). The van der Waals surface area contributed by atoms with Crippen molar-refractivity contribution in [1.29, 1.82) is 0 Å². The van der Waals surface area contributed by atoms with Gasteiger partial charge in [-0.25, -0.2) is 4.98 Å². The molecule has 0 bridgehead atoms. The Bertz CT molecular complexity index is 779. The van der Waals surface area contributed by atoms with E-state index < -0.39 is 0 Å². The van der Waals surface area contributed by atoms with Gasteiger partial charge in [-0.3, -0.25) is 4.90 Å². The standard InChI is InChI=1S/C17H16ClN3/c18-14-6-7-16-15(10-14)19-17-12-20(8-9-21(16)17)11-13-4-2-1-3-5-13/h1-7,10H,8-9,11-12H2. The topological polar surface area (TPSA) is 21.1 Å². The molecule has 0 atom stereocenters. The van der Waals surface area contributed by atoms with Crippen LogP contribution in [0.2, 0.25) is 5.02 Å². The summed E-state index contributed by atoms with van der Waals surface area (Å²) < 4.78 is 2.31. The molecule has 0 aliphatic carbocycles. The molecule has 3 aromatic rings. The monoisotopic (exact) mass is 297 g/mol. The summed E-state index contributed by atoms with van der Waals surface area (Å²) in [6.07, 6.45) is 0. The molecule has 106 valence electrons. The number of imidazole rings is 1. The maximum atomic E-state index is 6.06. The second kappa shape index (κ2) is 5.17. The molecule has 0 saturated carbocycles. The fraction of sp³-hybridized carbons (Fsp3) is 0.235. The van der Waals surface area contributed by atoms with Crippen molar-refractivity contribution < 1.29 is 0 Å². The number of nitrogens with zero attached hydrogens (tertiary/aromatic N) is 3. The maximum Gasteiger partial charge on any atom is 0.124 e. The summed E-state index contributed by atoms with van der Waals surface area (Å²) in [5, 5.41) is 0.749. The number of hydrogen-bond donors (Lipinski definition) is 0. The van der Waals surface area contributed by atoms with E-state index in [-0.39, 0.29) is 0 Å². The first kappa shape index (κ1) is 12.9. The van der Waals surface area contributed by atoms with E-state index in [2.05, 4.69) is 45.9 Å². The molecular formula is C17H16ClN3. The number of hydrogen-bond acceptors (Lipinski definition) is 2. The van der Waals surface area contributed by atoms with Crippen LogP contribution in [0.5, 0.6) is 0 Å². The molecular weight excluding hydrogens is 282 g/mol. The highest BCUT2D eigenvalue weighted by atomic mass is 35.5. The van der Waals surface area contributed by atoms with Crippen LogP contribution in [0.1, 0.15) is 11.4 Å². The lowest BCUT2D eigenvalue weighted by molar-refractivity contribution is 0.211. The van der Waals surface area contributed by atoms with Crippen molar-refractivity contribution in [2.75, 3.05) is 6.54 Å². The van der Waals surface area contributed by atoms with E-state index in [4.69, 9.17) is 16.6 Å². The first-order valence-electron chi connectivity index (χ1n) is 7.20. The van der Waals surface area contributed by atoms with Crippen LogP contribution < -0.4 is 0 Å². The number of benzene rings is 2. The van der Waals surface area contributed by atoms with Gasteiger partial charge in [0.05, 0.1) is 17.6 Å². The van der Waals surface area contributed by atoms with E-state index in [1.54, 1.807) is 0 Å². The van der Waals surface area contributed by atoms with Gasteiger partial charge < -0.3 is 4.57 Å². The highest BCUT2D eigenvalue weighted by molar-refractivity contribution is 6.31. The molecule has 3 nitrogen and oxygen atoms in total. The smallest absolute Gasteiger partial charge is 0.124 e. The van der Waals surface area contributed by atoms with Crippen LogP contribution >= 0.6 is 11.6 Å². The lowest BCUT2D eigenvalue weighted by Crippen LogP contribution is -2.33. The molecule has 0 N–H and O–H groups in total. The van der Waals surface area contributed by atoms with Crippen molar-refractivity contribution in [3.05, 3.63) is 64.9 Å². The summed E-state index contributed by atoms with van der Waals surface area (Å²) in [6.45, 7) is 3.91. The van der Waals surface area contributed by atoms with Gasteiger partial charge in [-0.1, -0.05) is 41.9 Å². The average Bonchev–Trinajstić information content (AvgIpc) is 2.84. The third-order valence-corrected chi connectivity index (χ3v) is 4.28. The van der Waals surface area contributed by atoms with E-state index in [1.807, 2.05) is 12.1 Å².